The monoisotopic (exact) mass is 804 g/mol. The van der Waals surface area contributed by atoms with Crippen molar-refractivity contribution in [1.29, 1.82) is 0 Å². The molecule has 9 rings (SSSR count). The molecule has 238 valence electrons. The van der Waals surface area contributed by atoms with Crippen molar-refractivity contribution in [3.05, 3.63) is 149 Å². The zero-order chi connectivity index (χ0) is 31.8. The Morgan fingerprint density at radius 3 is 2.35 bits per heavy atom. The van der Waals surface area contributed by atoms with Gasteiger partial charge in [-0.25, -0.2) is 4.98 Å². The van der Waals surface area contributed by atoms with Crippen LogP contribution in [0.1, 0.15) is 48.6 Å². The summed E-state index contributed by atoms with van der Waals surface area (Å²) in [6.07, 6.45) is 6.33. The van der Waals surface area contributed by atoms with E-state index in [-0.39, 0.29) is 31.9 Å². The Balaban J connectivity index is 0.00000336. The van der Waals surface area contributed by atoms with E-state index in [1.54, 1.807) is 0 Å². The van der Waals surface area contributed by atoms with Crippen LogP contribution in [-0.2, 0) is 52.2 Å². The molecule has 0 bridgehead atoms. The molecule has 0 aliphatic heterocycles. The predicted octanol–water partition coefficient (Wildman–Crippen LogP) is 9.81. The van der Waals surface area contributed by atoms with E-state index in [2.05, 4.69) is 122 Å². The molecule has 5 heteroatoms. The molecule has 0 saturated carbocycles. The maximum absolute atomic E-state index is 6.45. The molecule has 7 aromatic rings. The Hall–Kier alpha value is -4.53. The summed E-state index contributed by atoms with van der Waals surface area (Å²) in [5.41, 5.74) is 11.3. The largest absolute Gasteiger partial charge is 2.00 e. The number of aromatic nitrogens is 3. The minimum absolute atomic E-state index is 0. The number of pyridine rings is 2. The zero-order valence-corrected chi connectivity index (χ0v) is 29.6. The number of ether oxygens (including phenoxy) is 1. The van der Waals surface area contributed by atoms with Crippen LogP contribution in [0.3, 0.4) is 0 Å². The SMILES string of the molecule is CC(C)(C)c1ccnc(-n2c3[c-]c(Oc4cccc(-c5[c-]ccc6c5CC5(Cc7ccccc7C5)C6)n4)ccc3c3ccccc32)c1.[Pt+2]. The number of nitrogens with zero attached hydrogens (tertiary/aromatic N) is 3. The molecular formula is C43H35N3OPt. The van der Waals surface area contributed by atoms with Gasteiger partial charge in [-0.1, -0.05) is 87.3 Å². The fourth-order valence-corrected chi connectivity index (χ4v) is 7.94. The van der Waals surface area contributed by atoms with E-state index in [1.807, 2.05) is 24.4 Å². The number of para-hydroxylation sites is 1. The van der Waals surface area contributed by atoms with Crippen molar-refractivity contribution in [3.8, 4) is 28.7 Å². The van der Waals surface area contributed by atoms with E-state index in [4.69, 9.17) is 14.7 Å². The first-order chi connectivity index (χ1) is 22.8. The third-order valence-corrected chi connectivity index (χ3v) is 10.2. The van der Waals surface area contributed by atoms with Crippen molar-refractivity contribution in [3.63, 3.8) is 0 Å². The van der Waals surface area contributed by atoms with Crippen molar-refractivity contribution in [2.75, 3.05) is 0 Å². The van der Waals surface area contributed by atoms with Gasteiger partial charge in [0.1, 0.15) is 5.82 Å². The molecule has 0 atom stereocenters. The van der Waals surface area contributed by atoms with Crippen LogP contribution in [0, 0.1) is 17.5 Å². The molecule has 0 amide bonds. The molecule has 4 aromatic carbocycles. The average Bonchev–Trinajstić information content (AvgIpc) is 3.73. The van der Waals surface area contributed by atoms with Crippen LogP contribution in [0.5, 0.6) is 11.6 Å². The second kappa shape index (κ2) is 11.6. The molecule has 0 radical (unpaired) electrons. The van der Waals surface area contributed by atoms with Gasteiger partial charge in [-0.15, -0.1) is 52.4 Å². The quantitative estimate of drug-likeness (QED) is 0.167. The van der Waals surface area contributed by atoms with Crippen LogP contribution in [-0.4, -0.2) is 14.5 Å². The summed E-state index contributed by atoms with van der Waals surface area (Å²) < 4.78 is 8.64. The molecular weight excluding hydrogens is 770 g/mol. The third-order valence-electron chi connectivity index (χ3n) is 10.2. The van der Waals surface area contributed by atoms with Crippen LogP contribution >= 0.6 is 0 Å². The summed E-state index contributed by atoms with van der Waals surface area (Å²) in [4.78, 5) is 9.83. The van der Waals surface area contributed by atoms with Crippen molar-refractivity contribution >= 4 is 21.8 Å². The first-order valence-corrected chi connectivity index (χ1v) is 16.5. The number of fused-ring (bicyclic) bond motifs is 5. The first kappa shape index (κ1) is 30.8. The standard InChI is InChI=1S/C43H35N3O.Pt/c1-42(2,3)31-20-21-44-40(22-31)46-38-16-7-6-13-34(38)35-19-18-32(23-39(35)46)47-41-17-9-15-37(45-41)33-14-8-12-30-26-43(27-36(30)33)24-28-10-4-5-11-29(28)25-43;/h4-13,15-22H,24-27H2,1-3H3;/q-2;+2. The molecule has 0 N–H and O–H groups in total. The Morgan fingerprint density at radius 2 is 1.54 bits per heavy atom. The van der Waals surface area contributed by atoms with E-state index < -0.39 is 0 Å². The average molecular weight is 805 g/mol. The van der Waals surface area contributed by atoms with E-state index in [9.17, 15) is 0 Å². The second-order valence-electron chi connectivity index (χ2n) is 14.4. The summed E-state index contributed by atoms with van der Waals surface area (Å²) in [6, 6.07) is 43.3. The van der Waals surface area contributed by atoms with Crippen LogP contribution in [0.15, 0.2) is 109 Å². The number of benzene rings is 4. The van der Waals surface area contributed by atoms with Gasteiger partial charge in [-0.05, 0) is 82.1 Å². The zero-order valence-electron chi connectivity index (χ0n) is 27.3. The van der Waals surface area contributed by atoms with Gasteiger partial charge in [0, 0.05) is 17.5 Å². The van der Waals surface area contributed by atoms with Gasteiger partial charge in [0.05, 0.1) is 0 Å². The van der Waals surface area contributed by atoms with Gasteiger partial charge >= 0.3 is 21.1 Å². The summed E-state index contributed by atoms with van der Waals surface area (Å²) >= 11 is 0. The minimum atomic E-state index is 0. The summed E-state index contributed by atoms with van der Waals surface area (Å²) in [5.74, 6) is 2.03. The predicted molar refractivity (Wildman–Crippen MR) is 188 cm³/mol. The molecule has 2 aliphatic rings. The molecule has 3 heterocycles. The van der Waals surface area contributed by atoms with E-state index in [0.29, 0.717) is 11.6 Å². The van der Waals surface area contributed by atoms with Crippen molar-refractivity contribution in [1.82, 2.24) is 14.5 Å². The maximum Gasteiger partial charge on any atom is 2.00 e. The fourth-order valence-electron chi connectivity index (χ4n) is 7.94. The van der Waals surface area contributed by atoms with Crippen molar-refractivity contribution in [2.24, 2.45) is 5.41 Å². The summed E-state index contributed by atoms with van der Waals surface area (Å²) in [5, 5.41) is 2.26. The molecule has 48 heavy (non-hydrogen) atoms. The van der Waals surface area contributed by atoms with E-state index >= 15 is 0 Å². The Bertz CT molecular complexity index is 2320. The molecule has 0 unspecified atom stereocenters. The molecule has 1 spiro atoms. The second-order valence-corrected chi connectivity index (χ2v) is 14.4. The minimum Gasteiger partial charge on any atom is -0.466 e. The molecule has 2 aliphatic carbocycles. The van der Waals surface area contributed by atoms with Crippen molar-refractivity contribution in [2.45, 2.75) is 51.9 Å². The maximum atomic E-state index is 6.45. The number of hydrogen-bond acceptors (Lipinski definition) is 3. The normalized spacial score (nSPS) is 14.6. The van der Waals surface area contributed by atoms with Gasteiger partial charge < -0.3 is 9.30 Å². The van der Waals surface area contributed by atoms with Gasteiger partial charge in [0.2, 0.25) is 5.88 Å². The summed E-state index contributed by atoms with van der Waals surface area (Å²) in [7, 11) is 0. The van der Waals surface area contributed by atoms with Gasteiger partial charge in [-0.2, -0.15) is 6.07 Å². The molecule has 0 fully saturated rings. The summed E-state index contributed by atoms with van der Waals surface area (Å²) in [6.45, 7) is 6.68. The van der Waals surface area contributed by atoms with Gasteiger partial charge in [0.25, 0.3) is 0 Å². The smallest absolute Gasteiger partial charge is 0.466 e. The van der Waals surface area contributed by atoms with Crippen LogP contribution in [0.25, 0.3) is 38.9 Å². The Labute approximate surface area is 296 Å². The molecule has 4 nitrogen and oxygen atoms in total. The topological polar surface area (TPSA) is 39.9 Å². The van der Waals surface area contributed by atoms with Crippen LogP contribution in [0.4, 0.5) is 0 Å². The van der Waals surface area contributed by atoms with Crippen LogP contribution in [0.2, 0.25) is 0 Å². The van der Waals surface area contributed by atoms with Gasteiger partial charge in [-0.3, -0.25) is 4.98 Å². The van der Waals surface area contributed by atoms with E-state index in [1.165, 1.54) is 27.8 Å². The number of hydrogen-bond donors (Lipinski definition) is 0. The molecule has 3 aromatic heterocycles. The van der Waals surface area contributed by atoms with Crippen LogP contribution < -0.4 is 4.74 Å². The fraction of sp³-hybridized carbons (Fsp3) is 0.209. The molecule has 0 saturated heterocycles. The Kier molecular flexibility index (Phi) is 7.42. The van der Waals surface area contributed by atoms with Gasteiger partial charge in [0.15, 0.2) is 0 Å². The Morgan fingerprint density at radius 1 is 0.771 bits per heavy atom. The third kappa shape index (κ3) is 5.18. The number of rotatable bonds is 4. The van der Waals surface area contributed by atoms with E-state index in [0.717, 1.165) is 64.6 Å². The van der Waals surface area contributed by atoms with Crippen molar-refractivity contribution < 1.29 is 25.8 Å². The first-order valence-electron chi connectivity index (χ1n) is 16.5.